The van der Waals surface area contributed by atoms with Crippen molar-refractivity contribution in [3.05, 3.63) is 35.9 Å². The van der Waals surface area contributed by atoms with E-state index >= 15 is 0 Å². The van der Waals surface area contributed by atoms with E-state index in [1.54, 1.807) is 4.68 Å². The lowest BCUT2D eigenvalue weighted by atomic mass is 10.1. The van der Waals surface area contributed by atoms with Crippen molar-refractivity contribution in [2.24, 2.45) is 0 Å². The van der Waals surface area contributed by atoms with Gasteiger partial charge in [0, 0.05) is 19.6 Å². The molecule has 1 fully saturated rings. The third-order valence-electron chi connectivity index (χ3n) is 3.66. The maximum absolute atomic E-state index is 5.96. The van der Waals surface area contributed by atoms with Crippen LogP contribution >= 0.6 is 0 Å². The minimum atomic E-state index is 0.490. The molecule has 0 unspecified atom stereocenters. The Morgan fingerprint density at radius 3 is 2.67 bits per heavy atom. The summed E-state index contributed by atoms with van der Waals surface area (Å²) in [6, 6.07) is 10.5. The Labute approximate surface area is 124 Å². The summed E-state index contributed by atoms with van der Waals surface area (Å²) in [6.07, 6.45) is 2.02. The number of hydrogen-bond acceptors (Lipinski definition) is 5. The molecule has 1 aromatic heterocycles. The van der Waals surface area contributed by atoms with Crippen LogP contribution in [0.1, 0.15) is 12.0 Å². The summed E-state index contributed by atoms with van der Waals surface area (Å²) in [4.78, 5) is 6.48. The Hall–Kier alpha value is -2.08. The van der Waals surface area contributed by atoms with Crippen molar-refractivity contribution in [3.63, 3.8) is 0 Å². The van der Waals surface area contributed by atoms with Gasteiger partial charge in [-0.15, -0.1) is 5.10 Å². The van der Waals surface area contributed by atoms with E-state index in [-0.39, 0.29) is 0 Å². The number of rotatable bonds is 5. The summed E-state index contributed by atoms with van der Waals surface area (Å²) >= 11 is 0. The molecule has 0 amide bonds. The second kappa shape index (κ2) is 6.58. The van der Waals surface area contributed by atoms with Crippen LogP contribution in [-0.2, 0) is 17.7 Å². The van der Waals surface area contributed by atoms with Crippen LogP contribution in [0.2, 0.25) is 0 Å². The molecule has 0 aliphatic carbocycles. The maximum atomic E-state index is 5.96. The molecule has 0 spiro atoms. The Balaban J connectivity index is 1.57. The molecule has 1 aliphatic rings. The molecule has 2 heterocycles. The quantitative estimate of drug-likeness (QED) is 0.898. The molecule has 6 nitrogen and oxygen atoms in total. The molecule has 1 saturated heterocycles. The van der Waals surface area contributed by atoms with E-state index in [2.05, 4.69) is 39.2 Å². The van der Waals surface area contributed by atoms with Crippen LogP contribution in [0.3, 0.4) is 0 Å². The standard InChI is InChI=1S/C15H21N5O/c16-14-17-15(19-9-11-21-12-10-19)18-20(14)8-4-7-13-5-2-1-3-6-13/h1-3,5-6H,4,7-12H2,(H2,16,17,18). The van der Waals surface area contributed by atoms with E-state index in [0.29, 0.717) is 5.95 Å². The van der Waals surface area contributed by atoms with Crippen molar-refractivity contribution in [2.75, 3.05) is 36.9 Å². The first-order valence-corrected chi connectivity index (χ1v) is 7.40. The molecule has 0 atom stereocenters. The summed E-state index contributed by atoms with van der Waals surface area (Å²) in [7, 11) is 0. The van der Waals surface area contributed by atoms with Crippen LogP contribution in [0.15, 0.2) is 30.3 Å². The van der Waals surface area contributed by atoms with Gasteiger partial charge in [-0.2, -0.15) is 4.98 Å². The number of hydrogen-bond donors (Lipinski definition) is 1. The zero-order chi connectivity index (χ0) is 14.5. The first-order valence-electron chi connectivity index (χ1n) is 7.40. The summed E-state index contributed by atoms with van der Waals surface area (Å²) < 4.78 is 7.14. The number of aryl methyl sites for hydroxylation is 2. The van der Waals surface area contributed by atoms with Crippen LogP contribution < -0.4 is 10.6 Å². The molecule has 2 aromatic rings. The molecule has 0 radical (unpaired) electrons. The molecule has 2 N–H and O–H groups in total. The first kappa shape index (κ1) is 13.9. The van der Waals surface area contributed by atoms with Crippen molar-refractivity contribution in [1.82, 2.24) is 14.8 Å². The lowest BCUT2D eigenvalue weighted by Crippen LogP contribution is -2.37. The van der Waals surface area contributed by atoms with Crippen LogP contribution in [0.4, 0.5) is 11.9 Å². The van der Waals surface area contributed by atoms with E-state index < -0.39 is 0 Å². The molecule has 0 saturated carbocycles. The number of aromatic nitrogens is 3. The minimum absolute atomic E-state index is 0.490. The van der Waals surface area contributed by atoms with Gasteiger partial charge in [-0.25, -0.2) is 4.68 Å². The molecular formula is C15H21N5O. The predicted molar refractivity (Wildman–Crippen MR) is 82.2 cm³/mol. The van der Waals surface area contributed by atoms with Crippen molar-refractivity contribution < 1.29 is 4.74 Å². The fraction of sp³-hybridized carbons (Fsp3) is 0.467. The fourth-order valence-corrected chi connectivity index (χ4v) is 2.48. The van der Waals surface area contributed by atoms with Gasteiger partial charge in [0.25, 0.3) is 0 Å². The van der Waals surface area contributed by atoms with E-state index in [0.717, 1.165) is 51.6 Å². The van der Waals surface area contributed by atoms with E-state index in [4.69, 9.17) is 10.5 Å². The summed E-state index contributed by atoms with van der Waals surface area (Å²) in [5, 5.41) is 4.52. The Morgan fingerprint density at radius 1 is 1.14 bits per heavy atom. The van der Waals surface area contributed by atoms with Crippen molar-refractivity contribution >= 4 is 11.9 Å². The van der Waals surface area contributed by atoms with E-state index in [9.17, 15) is 0 Å². The number of anilines is 2. The fourth-order valence-electron chi connectivity index (χ4n) is 2.48. The van der Waals surface area contributed by atoms with Gasteiger partial charge < -0.3 is 15.4 Å². The Morgan fingerprint density at radius 2 is 1.90 bits per heavy atom. The average Bonchev–Trinajstić information content (AvgIpc) is 2.91. The van der Waals surface area contributed by atoms with Crippen LogP contribution in [0.25, 0.3) is 0 Å². The molecule has 6 heteroatoms. The third kappa shape index (κ3) is 3.52. The van der Waals surface area contributed by atoms with Gasteiger partial charge >= 0.3 is 0 Å². The van der Waals surface area contributed by atoms with Crippen molar-refractivity contribution in [3.8, 4) is 0 Å². The predicted octanol–water partition coefficient (Wildman–Crippen LogP) is 1.33. The average molecular weight is 287 g/mol. The second-order valence-electron chi connectivity index (χ2n) is 5.18. The lowest BCUT2D eigenvalue weighted by molar-refractivity contribution is 0.122. The number of nitrogens with zero attached hydrogens (tertiary/aromatic N) is 4. The summed E-state index contributed by atoms with van der Waals surface area (Å²) in [6.45, 7) is 3.89. The molecule has 21 heavy (non-hydrogen) atoms. The zero-order valence-corrected chi connectivity index (χ0v) is 12.1. The summed E-state index contributed by atoms with van der Waals surface area (Å²) in [5.74, 6) is 1.21. The maximum Gasteiger partial charge on any atom is 0.246 e. The SMILES string of the molecule is Nc1nc(N2CCOCC2)nn1CCCc1ccccc1. The van der Waals surface area contributed by atoms with E-state index in [1.807, 2.05) is 6.07 Å². The largest absolute Gasteiger partial charge is 0.378 e. The monoisotopic (exact) mass is 287 g/mol. The van der Waals surface area contributed by atoms with Crippen molar-refractivity contribution in [2.45, 2.75) is 19.4 Å². The molecule has 1 aliphatic heterocycles. The number of morpholine rings is 1. The highest BCUT2D eigenvalue weighted by molar-refractivity contribution is 5.35. The molecule has 1 aromatic carbocycles. The van der Waals surface area contributed by atoms with Crippen LogP contribution in [-0.4, -0.2) is 41.1 Å². The zero-order valence-electron chi connectivity index (χ0n) is 12.1. The molecular weight excluding hydrogens is 266 g/mol. The Kier molecular flexibility index (Phi) is 4.35. The Bertz CT molecular complexity index is 563. The van der Waals surface area contributed by atoms with Crippen molar-refractivity contribution in [1.29, 1.82) is 0 Å². The van der Waals surface area contributed by atoms with Gasteiger partial charge in [0.15, 0.2) is 0 Å². The second-order valence-corrected chi connectivity index (χ2v) is 5.18. The number of benzene rings is 1. The van der Waals surface area contributed by atoms with E-state index in [1.165, 1.54) is 5.56 Å². The highest BCUT2D eigenvalue weighted by Crippen LogP contribution is 2.13. The molecule has 3 rings (SSSR count). The lowest BCUT2D eigenvalue weighted by Gasteiger charge is -2.25. The van der Waals surface area contributed by atoms with Gasteiger partial charge in [-0.1, -0.05) is 30.3 Å². The van der Waals surface area contributed by atoms with Gasteiger partial charge in [-0.05, 0) is 18.4 Å². The normalized spacial score (nSPS) is 15.3. The third-order valence-corrected chi connectivity index (χ3v) is 3.66. The number of nitrogens with two attached hydrogens (primary N) is 1. The minimum Gasteiger partial charge on any atom is -0.378 e. The van der Waals surface area contributed by atoms with Gasteiger partial charge in [-0.3, -0.25) is 0 Å². The van der Waals surface area contributed by atoms with Gasteiger partial charge in [0.2, 0.25) is 11.9 Å². The highest BCUT2D eigenvalue weighted by Gasteiger charge is 2.16. The smallest absolute Gasteiger partial charge is 0.246 e. The molecule has 0 bridgehead atoms. The summed E-state index contributed by atoms with van der Waals surface area (Å²) in [5.41, 5.74) is 7.30. The topological polar surface area (TPSA) is 69.2 Å². The van der Waals surface area contributed by atoms with Crippen LogP contribution in [0, 0.1) is 0 Å². The van der Waals surface area contributed by atoms with Gasteiger partial charge in [0.1, 0.15) is 0 Å². The molecule has 112 valence electrons. The number of nitrogen functional groups attached to an aromatic ring is 1. The van der Waals surface area contributed by atoms with Crippen LogP contribution in [0.5, 0.6) is 0 Å². The highest BCUT2D eigenvalue weighted by atomic mass is 16.5. The van der Waals surface area contributed by atoms with Gasteiger partial charge in [0.05, 0.1) is 13.2 Å². The number of ether oxygens (including phenoxy) is 1. The first-order chi connectivity index (χ1) is 10.3.